The lowest BCUT2D eigenvalue weighted by Crippen LogP contribution is -2.30. The van der Waals surface area contributed by atoms with Gasteiger partial charge in [-0.2, -0.15) is 0 Å². The van der Waals surface area contributed by atoms with Gasteiger partial charge in [0, 0.05) is 18.7 Å². The third-order valence-electron chi connectivity index (χ3n) is 3.86. The first-order valence-corrected chi connectivity index (χ1v) is 7.47. The summed E-state index contributed by atoms with van der Waals surface area (Å²) in [4.78, 5) is 2.39. The van der Waals surface area contributed by atoms with Gasteiger partial charge in [-0.05, 0) is 25.0 Å². The summed E-state index contributed by atoms with van der Waals surface area (Å²) < 4.78 is 11.7. The summed E-state index contributed by atoms with van der Waals surface area (Å²) in [5, 5.41) is 0. The van der Waals surface area contributed by atoms with Gasteiger partial charge < -0.3 is 9.47 Å². The van der Waals surface area contributed by atoms with Gasteiger partial charge in [0.15, 0.2) is 17.7 Å². The van der Waals surface area contributed by atoms with E-state index in [0.717, 1.165) is 24.6 Å². The molecule has 1 heterocycles. The Morgan fingerprint density at radius 1 is 0.857 bits per heavy atom. The Balaban J connectivity index is 1.88. The first-order valence-electron chi connectivity index (χ1n) is 7.47. The smallest absolute Gasteiger partial charge is 0.179 e. The van der Waals surface area contributed by atoms with E-state index in [9.17, 15) is 0 Å². The minimum atomic E-state index is -0.0509. The van der Waals surface area contributed by atoms with E-state index in [4.69, 9.17) is 9.47 Å². The molecule has 0 saturated carbocycles. The van der Waals surface area contributed by atoms with E-state index in [1.54, 1.807) is 7.11 Å². The molecule has 1 unspecified atom stereocenters. The fourth-order valence-corrected chi connectivity index (χ4v) is 2.78. The van der Waals surface area contributed by atoms with Crippen LogP contribution in [0.25, 0.3) is 0 Å². The molecule has 3 heteroatoms. The van der Waals surface area contributed by atoms with E-state index in [1.807, 2.05) is 30.3 Å². The first kappa shape index (κ1) is 14.0. The van der Waals surface area contributed by atoms with Crippen LogP contribution in [-0.4, -0.2) is 25.1 Å². The zero-order valence-electron chi connectivity index (χ0n) is 12.4. The summed E-state index contributed by atoms with van der Waals surface area (Å²) in [5.41, 5.74) is 1.19. The number of methoxy groups -OCH3 is 1. The first-order chi connectivity index (χ1) is 10.4. The van der Waals surface area contributed by atoms with Gasteiger partial charge in [-0.1, -0.05) is 42.5 Å². The lowest BCUT2D eigenvalue weighted by molar-refractivity contribution is 0.0398. The van der Waals surface area contributed by atoms with Crippen molar-refractivity contribution in [2.45, 2.75) is 19.1 Å². The van der Waals surface area contributed by atoms with Gasteiger partial charge in [0.25, 0.3) is 0 Å². The summed E-state index contributed by atoms with van der Waals surface area (Å²) >= 11 is 0. The lowest BCUT2D eigenvalue weighted by atomic mass is 10.2. The molecule has 1 atom stereocenters. The van der Waals surface area contributed by atoms with Crippen molar-refractivity contribution in [1.29, 1.82) is 0 Å². The molecule has 3 rings (SSSR count). The second kappa shape index (κ2) is 6.64. The highest BCUT2D eigenvalue weighted by molar-refractivity contribution is 5.40. The maximum atomic E-state index is 6.31. The highest BCUT2D eigenvalue weighted by Crippen LogP contribution is 2.33. The zero-order valence-corrected chi connectivity index (χ0v) is 12.4. The van der Waals surface area contributed by atoms with Gasteiger partial charge in [0.2, 0.25) is 0 Å². The number of likely N-dealkylation sites (tertiary alicyclic amines) is 1. The number of benzene rings is 2. The molecule has 2 aromatic rings. The van der Waals surface area contributed by atoms with Gasteiger partial charge in [-0.15, -0.1) is 0 Å². The van der Waals surface area contributed by atoms with Crippen molar-refractivity contribution in [3.05, 3.63) is 60.2 Å². The molecule has 1 aliphatic rings. The second-order valence-corrected chi connectivity index (χ2v) is 5.27. The largest absolute Gasteiger partial charge is 0.493 e. The summed E-state index contributed by atoms with van der Waals surface area (Å²) in [6, 6.07) is 18.2. The molecule has 0 aromatic heterocycles. The van der Waals surface area contributed by atoms with E-state index < -0.39 is 0 Å². The topological polar surface area (TPSA) is 21.7 Å². The number of hydrogen-bond acceptors (Lipinski definition) is 3. The van der Waals surface area contributed by atoms with E-state index in [2.05, 4.69) is 29.2 Å². The van der Waals surface area contributed by atoms with Crippen LogP contribution < -0.4 is 9.47 Å². The van der Waals surface area contributed by atoms with Gasteiger partial charge >= 0.3 is 0 Å². The van der Waals surface area contributed by atoms with Gasteiger partial charge in [0.05, 0.1) is 7.11 Å². The number of nitrogens with zero attached hydrogens (tertiary/aromatic N) is 1. The Hall–Kier alpha value is -2.00. The fraction of sp³-hybridized carbons (Fsp3) is 0.333. The molecule has 110 valence electrons. The monoisotopic (exact) mass is 283 g/mol. The summed E-state index contributed by atoms with van der Waals surface area (Å²) in [7, 11) is 1.68. The third-order valence-corrected chi connectivity index (χ3v) is 3.86. The van der Waals surface area contributed by atoms with Gasteiger partial charge in [-0.3, -0.25) is 4.90 Å². The van der Waals surface area contributed by atoms with Crippen molar-refractivity contribution in [1.82, 2.24) is 4.90 Å². The fourth-order valence-electron chi connectivity index (χ4n) is 2.78. The van der Waals surface area contributed by atoms with Crippen molar-refractivity contribution < 1.29 is 9.47 Å². The van der Waals surface area contributed by atoms with Crippen LogP contribution in [-0.2, 0) is 0 Å². The molecule has 0 bridgehead atoms. The molecule has 1 aliphatic heterocycles. The SMILES string of the molecule is COc1ccccc1OC(c1ccccc1)N1CCCC1. The quantitative estimate of drug-likeness (QED) is 0.831. The third kappa shape index (κ3) is 3.19. The Labute approximate surface area is 126 Å². The van der Waals surface area contributed by atoms with Crippen LogP contribution in [0.3, 0.4) is 0 Å². The van der Waals surface area contributed by atoms with Crippen molar-refractivity contribution in [2.75, 3.05) is 20.2 Å². The van der Waals surface area contributed by atoms with Crippen molar-refractivity contribution >= 4 is 0 Å². The average molecular weight is 283 g/mol. The average Bonchev–Trinajstić information content (AvgIpc) is 3.08. The summed E-state index contributed by atoms with van der Waals surface area (Å²) in [6.07, 6.45) is 2.42. The van der Waals surface area contributed by atoms with E-state index in [1.165, 1.54) is 18.4 Å². The van der Waals surface area contributed by atoms with Crippen LogP contribution in [0, 0.1) is 0 Å². The number of rotatable bonds is 5. The van der Waals surface area contributed by atoms with Gasteiger partial charge in [0.1, 0.15) is 0 Å². The molecule has 0 spiro atoms. The Kier molecular flexibility index (Phi) is 4.41. The van der Waals surface area contributed by atoms with E-state index >= 15 is 0 Å². The molecule has 1 saturated heterocycles. The molecule has 2 aromatic carbocycles. The molecular weight excluding hydrogens is 262 g/mol. The van der Waals surface area contributed by atoms with Crippen molar-refractivity contribution in [3.63, 3.8) is 0 Å². The molecular formula is C18H21NO2. The molecule has 21 heavy (non-hydrogen) atoms. The maximum Gasteiger partial charge on any atom is 0.179 e. The van der Waals surface area contributed by atoms with E-state index in [0.29, 0.717) is 0 Å². The predicted octanol–water partition coefficient (Wildman–Crippen LogP) is 3.87. The predicted molar refractivity (Wildman–Crippen MR) is 83.6 cm³/mol. The van der Waals surface area contributed by atoms with Crippen LogP contribution in [0.15, 0.2) is 54.6 Å². The second-order valence-electron chi connectivity index (χ2n) is 5.27. The Bertz CT molecular complexity index is 564. The van der Waals surface area contributed by atoms with E-state index in [-0.39, 0.29) is 6.23 Å². The Morgan fingerprint density at radius 2 is 1.48 bits per heavy atom. The van der Waals surface area contributed by atoms with Crippen LogP contribution >= 0.6 is 0 Å². The van der Waals surface area contributed by atoms with Crippen LogP contribution in [0.2, 0.25) is 0 Å². The standard InChI is InChI=1S/C18H21NO2/c1-20-16-11-5-6-12-17(16)21-18(19-13-7-8-14-19)15-9-3-2-4-10-15/h2-6,9-12,18H,7-8,13-14H2,1H3. The molecule has 1 fully saturated rings. The molecule has 0 aliphatic carbocycles. The van der Waals surface area contributed by atoms with Crippen LogP contribution in [0.5, 0.6) is 11.5 Å². The van der Waals surface area contributed by atoms with Crippen LogP contribution in [0.1, 0.15) is 24.6 Å². The maximum absolute atomic E-state index is 6.31. The number of ether oxygens (including phenoxy) is 2. The normalized spacial score (nSPS) is 16.6. The number of hydrogen-bond donors (Lipinski definition) is 0. The Morgan fingerprint density at radius 3 is 2.14 bits per heavy atom. The van der Waals surface area contributed by atoms with Crippen LogP contribution in [0.4, 0.5) is 0 Å². The molecule has 0 N–H and O–H groups in total. The number of para-hydroxylation sites is 2. The molecule has 0 amide bonds. The summed E-state index contributed by atoms with van der Waals surface area (Å²) in [5.74, 6) is 1.57. The minimum absolute atomic E-state index is 0.0509. The van der Waals surface area contributed by atoms with Crippen molar-refractivity contribution in [3.8, 4) is 11.5 Å². The minimum Gasteiger partial charge on any atom is -0.493 e. The molecule has 0 radical (unpaired) electrons. The summed E-state index contributed by atoms with van der Waals surface area (Å²) in [6.45, 7) is 2.16. The zero-order chi connectivity index (χ0) is 14.5. The van der Waals surface area contributed by atoms with Crippen molar-refractivity contribution in [2.24, 2.45) is 0 Å². The highest BCUT2D eigenvalue weighted by atomic mass is 16.5. The van der Waals surface area contributed by atoms with Gasteiger partial charge in [-0.25, -0.2) is 0 Å². The molecule has 3 nitrogen and oxygen atoms in total. The lowest BCUT2D eigenvalue weighted by Gasteiger charge is -2.29. The highest BCUT2D eigenvalue weighted by Gasteiger charge is 2.25.